The number of nitrogens with one attached hydrogen (secondary N) is 1. The fraction of sp³-hybridized carbons (Fsp3) is 0.308. The lowest BCUT2D eigenvalue weighted by Crippen LogP contribution is -2.34. The Morgan fingerprint density at radius 3 is 2.70 bits per heavy atom. The van der Waals surface area contributed by atoms with Crippen molar-refractivity contribution in [2.75, 3.05) is 18.9 Å². The summed E-state index contributed by atoms with van der Waals surface area (Å²) in [7, 11) is 1.56. The van der Waals surface area contributed by atoms with Gasteiger partial charge in [-0.1, -0.05) is 11.6 Å². The molecule has 1 atom stereocenters. The summed E-state index contributed by atoms with van der Waals surface area (Å²) in [5, 5.41) is 20.2. The first-order chi connectivity index (χ1) is 9.35. The Balaban J connectivity index is 2.76. The van der Waals surface area contributed by atoms with Crippen molar-refractivity contribution in [3.05, 3.63) is 28.8 Å². The van der Waals surface area contributed by atoms with Gasteiger partial charge in [-0.25, -0.2) is 9.59 Å². The minimum atomic E-state index is -1.09. The second kappa shape index (κ2) is 6.78. The second-order valence-corrected chi connectivity index (χ2v) is 4.75. The maximum Gasteiger partial charge on any atom is 0.335 e. The summed E-state index contributed by atoms with van der Waals surface area (Å²) in [4.78, 5) is 24.0. The summed E-state index contributed by atoms with van der Waals surface area (Å²) in [5.74, 6) is -1.37. The van der Waals surface area contributed by atoms with Crippen molar-refractivity contribution in [3.8, 4) is 6.07 Å². The molecule has 2 amide bonds. The Hall–Kier alpha value is -2.26. The van der Waals surface area contributed by atoms with Gasteiger partial charge in [-0.3, -0.25) is 0 Å². The lowest BCUT2D eigenvalue weighted by molar-refractivity contribution is 0.0697. The van der Waals surface area contributed by atoms with Crippen molar-refractivity contribution in [1.29, 1.82) is 5.26 Å². The number of anilines is 1. The van der Waals surface area contributed by atoms with E-state index in [0.717, 1.165) is 0 Å². The van der Waals surface area contributed by atoms with Gasteiger partial charge < -0.3 is 15.3 Å². The molecule has 0 spiro atoms. The van der Waals surface area contributed by atoms with Gasteiger partial charge in [-0.05, 0) is 25.1 Å². The van der Waals surface area contributed by atoms with Crippen LogP contribution in [0.25, 0.3) is 0 Å². The molecule has 0 saturated carbocycles. The number of carboxylic acids is 1. The van der Waals surface area contributed by atoms with Crippen LogP contribution in [0.15, 0.2) is 18.2 Å². The largest absolute Gasteiger partial charge is 0.478 e. The molecule has 0 bridgehead atoms. The summed E-state index contributed by atoms with van der Waals surface area (Å²) in [6.07, 6.45) is 0. The zero-order chi connectivity index (χ0) is 15.3. The van der Waals surface area contributed by atoms with Gasteiger partial charge in [0.25, 0.3) is 0 Å². The maximum absolute atomic E-state index is 11.9. The Bertz CT molecular complexity index is 568. The lowest BCUT2D eigenvalue weighted by atomic mass is 10.2. The topological polar surface area (TPSA) is 93.4 Å². The van der Waals surface area contributed by atoms with Crippen LogP contribution in [0.2, 0.25) is 5.02 Å². The molecule has 0 aromatic heterocycles. The highest BCUT2D eigenvalue weighted by molar-refractivity contribution is 6.34. The van der Waals surface area contributed by atoms with E-state index >= 15 is 0 Å². The first kappa shape index (κ1) is 15.8. The minimum Gasteiger partial charge on any atom is -0.478 e. The molecular weight excluding hydrogens is 282 g/mol. The molecule has 1 unspecified atom stereocenters. The highest BCUT2D eigenvalue weighted by atomic mass is 35.5. The normalized spacial score (nSPS) is 11.3. The van der Waals surface area contributed by atoms with Crippen LogP contribution in [0, 0.1) is 17.2 Å². The summed E-state index contributed by atoms with van der Waals surface area (Å²) in [6.45, 7) is 1.99. The monoisotopic (exact) mass is 295 g/mol. The highest BCUT2D eigenvalue weighted by Crippen LogP contribution is 2.23. The molecular formula is C13H14ClN3O3. The van der Waals surface area contributed by atoms with E-state index in [1.807, 2.05) is 6.07 Å². The van der Waals surface area contributed by atoms with Crippen molar-refractivity contribution < 1.29 is 14.7 Å². The van der Waals surface area contributed by atoms with Crippen LogP contribution in [0.1, 0.15) is 17.3 Å². The van der Waals surface area contributed by atoms with Crippen molar-refractivity contribution in [2.45, 2.75) is 6.92 Å². The van der Waals surface area contributed by atoms with Crippen LogP contribution in [0.4, 0.5) is 10.5 Å². The van der Waals surface area contributed by atoms with E-state index in [-0.39, 0.29) is 23.0 Å². The number of rotatable bonds is 4. The number of amides is 2. The van der Waals surface area contributed by atoms with Crippen LogP contribution in [0.5, 0.6) is 0 Å². The summed E-state index contributed by atoms with van der Waals surface area (Å²) in [5.41, 5.74) is 0.359. The van der Waals surface area contributed by atoms with Gasteiger partial charge in [-0.15, -0.1) is 0 Å². The molecule has 0 saturated heterocycles. The number of carbonyl (C=O) groups excluding carboxylic acids is 1. The number of hydrogen-bond donors (Lipinski definition) is 2. The van der Waals surface area contributed by atoms with Crippen LogP contribution in [0.3, 0.4) is 0 Å². The Morgan fingerprint density at radius 2 is 2.20 bits per heavy atom. The smallest absolute Gasteiger partial charge is 0.335 e. The van der Waals surface area contributed by atoms with Crippen molar-refractivity contribution >= 4 is 29.3 Å². The number of hydrogen-bond acceptors (Lipinski definition) is 3. The standard InChI is InChI=1S/C13H14ClN3O3/c1-8(6-15)7-17(2)13(20)16-11-4-3-9(12(18)19)5-10(11)14/h3-5,8H,7H2,1-2H3,(H,16,20)(H,18,19). The number of carbonyl (C=O) groups is 2. The third-order valence-electron chi connectivity index (χ3n) is 2.57. The quantitative estimate of drug-likeness (QED) is 0.893. The van der Waals surface area contributed by atoms with Crippen molar-refractivity contribution in [2.24, 2.45) is 5.92 Å². The molecule has 0 fully saturated rings. The molecule has 0 aliphatic heterocycles. The van der Waals surface area contributed by atoms with E-state index in [0.29, 0.717) is 5.69 Å². The third kappa shape index (κ3) is 4.14. The molecule has 0 heterocycles. The number of aromatic carboxylic acids is 1. The van der Waals surface area contributed by atoms with E-state index in [1.54, 1.807) is 14.0 Å². The molecule has 1 rings (SSSR count). The molecule has 0 aliphatic carbocycles. The molecule has 6 nitrogen and oxygen atoms in total. The van der Waals surface area contributed by atoms with Crippen LogP contribution in [-0.4, -0.2) is 35.6 Å². The average Bonchev–Trinajstić information content (AvgIpc) is 2.40. The fourth-order valence-electron chi connectivity index (χ4n) is 1.49. The van der Waals surface area contributed by atoms with Crippen LogP contribution in [-0.2, 0) is 0 Å². The predicted octanol–water partition coefficient (Wildman–Crippen LogP) is 2.66. The van der Waals surface area contributed by atoms with Gasteiger partial charge in [0.2, 0.25) is 0 Å². The summed E-state index contributed by atoms with van der Waals surface area (Å²) in [6, 6.07) is 5.65. The van der Waals surface area contributed by atoms with Gasteiger partial charge in [0.05, 0.1) is 28.3 Å². The fourth-order valence-corrected chi connectivity index (χ4v) is 1.72. The second-order valence-electron chi connectivity index (χ2n) is 4.34. The van der Waals surface area contributed by atoms with Gasteiger partial charge in [0.1, 0.15) is 0 Å². The molecule has 0 aliphatic rings. The number of nitriles is 1. The van der Waals surface area contributed by atoms with Crippen LogP contribution < -0.4 is 5.32 Å². The third-order valence-corrected chi connectivity index (χ3v) is 2.89. The van der Waals surface area contributed by atoms with Crippen molar-refractivity contribution in [3.63, 3.8) is 0 Å². The number of benzene rings is 1. The zero-order valence-corrected chi connectivity index (χ0v) is 11.8. The number of nitrogens with zero attached hydrogens (tertiary/aromatic N) is 2. The molecule has 20 heavy (non-hydrogen) atoms. The average molecular weight is 296 g/mol. The van der Waals surface area contributed by atoms with E-state index in [4.69, 9.17) is 22.0 Å². The molecule has 106 valence electrons. The van der Waals surface area contributed by atoms with Gasteiger partial charge in [0, 0.05) is 13.6 Å². The lowest BCUT2D eigenvalue weighted by Gasteiger charge is -2.19. The molecule has 7 heteroatoms. The number of halogens is 1. The minimum absolute atomic E-state index is 0.0412. The molecule has 1 aromatic carbocycles. The van der Waals surface area contributed by atoms with Crippen LogP contribution >= 0.6 is 11.6 Å². The van der Waals surface area contributed by atoms with Gasteiger partial charge >= 0.3 is 12.0 Å². The summed E-state index contributed by atoms with van der Waals surface area (Å²) < 4.78 is 0. The Kier molecular flexibility index (Phi) is 5.35. The number of urea groups is 1. The molecule has 0 radical (unpaired) electrons. The number of carboxylic acid groups (broad SMARTS) is 1. The Labute approximate surface area is 121 Å². The van der Waals surface area contributed by atoms with E-state index < -0.39 is 12.0 Å². The predicted molar refractivity (Wildman–Crippen MR) is 74.8 cm³/mol. The molecule has 1 aromatic rings. The molecule has 2 N–H and O–H groups in total. The summed E-state index contributed by atoms with van der Waals surface area (Å²) >= 11 is 5.91. The van der Waals surface area contributed by atoms with Gasteiger partial charge in [-0.2, -0.15) is 5.26 Å². The highest BCUT2D eigenvalue weighted by Gasteiger charge is 2.14. The SMILES string of the molecule is CC(C#N)CN(C)C(=O)Nc1ccc(C(=O)O)cc1Cl. The van der Waals surface area contributed by atoms with E-state index in [1.165, 1.54) is 23.1 Å². The van der Waals surface area contributed by atoms with Crippen molar-refractivity contribution in [1.82, 2.24) is 4.90 Å². The van der Waals surface area contributed by atoms with E-state index in [9.17, 15) is 9.59 Å². The first-order valence-corrected chi connectivity index (χ1v) is 6.17. The van der Waals surface area contributed by atoms with Gasteiger partial charge in [0.15, 0.2) is 0 Å². The Morgan fingerprint density at radius 1 is 1.55 bits per heavy atom. The van der Waals surface area contributed by atoms with E-state index in [2.05, 4.69) is 5.32 Å². The zero-order valence-electron chi connectivity index (χ0n) is 11.1. The maximum atomic E-state index is 11.9. The first-order valence-electron chi connectivity index (χ1n) is 5.79.